The van der Waals surface area contributed by atoms with Gasteiger partial charge < -0.3 is 14.8 Å². The lowest BCUT2D eigenvalue weighted by Crippen LogP contribution is -2.42. The van der Waals surface area contributed by atoms with Gasteiger partial charge >= 0.3 is 10.2 Å². The second-order valence-corrected chi connectivity index (χ2v) is 12.9. The van der Waals surface area contributed by atoms with Gasteiger partial charge in [0.2, 0.25) is 0 Å². The van der Waals surface area contributed by atoms with Gasteiger partial charge in [0.1, 0.15) is 17.4 Å². The first-order valence-electron chi connectivity index (χ1n) is 13.5. The van der Waals surface area contributed by atoms with Crippen LogP contribution in [0.5, 0.6) is 11.5 Å². The zero-order chi connectivity index (χ0) is 29.4. The number of anilines is 1. The fourth-order valence-electron chi connectivity index (χ4n) is 5.60. The van der Waals surface area contributed by atoms with Crippen molar-refractivity contribution < 1.29 is 22.3 Å². The van der Waals surface area contributed by atoms with Crippen molar-refractivity contribution in [1.29, 1.82) is 5.26 Å². The van der Waals surface area contributed by atoms with Crippen LogP contribution in [0.25, 0.3) is 10.9 Å². The second-order valence-electron chi connectivity index (χ2n) is 11.1. The number of halogens is 1. The number of hydrogen-bond donors (Lipinski definition) is 2. The first-order valence-corrected chi connectivity index (χ1v) is 14.9. The standard InChI is InChI=1S/C28H33FN6O5S/c1-4-34(3)41(37,38)33-24-8-6-22(29)25(21(24)14-30)40-19-5-7-23-20(13-19)26(36)35(18-32-23)16-27(2)15-28(39-17-27)9-11-31-12-10-28/h5-8,13,18,31,33H,4,9-12,15-17H2,1-3H3/t27-/m1/s1. The minimum Gasteiger partial charge on any atom is -0.453 e. The normalized spacial score (nSPS) is 20.4. The molecule has 5 rings (SSSR count). The third-order valence-corrected chi connectivity index (χ3v) is 9.43. The Morgan fingerprint density at radius 1 is 1.29 bits per heavy atom. The molecule has 218 valence electrons. The number of rotatable bonds is 8. The topological polar surface area (TPSA) is 139 Å². The molecule has 0 saturated carbocycles. The Morgan fingerprint density at radius 2 is 2.05 bits per heavy atom. The molecule has 2 aliphatic rings. The predicted molar refractivity (Wildman–Crippen MR) is 152 cm³/mol. The minimum atomic E-state index is -3.97. The lowest BCUT2D eigenvalue weighted by atomic mass is 9.78. The van der Waals surface area contributed by atoms with Crippen LogP contribution in [0.4, 0.5) is 10.1 Å². The Hall–Kier alpha value is -3.57. The van der Waals surface area contributed by atoms with E-state index in [1.54, 1.807) is 17.6 Å². The molecule has 11 nitrogen and oxygen atoms in total. The third-order valence-electron chi connectivity index (χ3n) is 7.87. The summed E-state index contributed by atoms with van der Waals surface area (Å²) in [7, 11) is -2.60. The summed E-state index contributed by atoms with van der Waals surface area (Å²) in [5.41, 5.74) is -0.707. The number of benzene rings is 2. The maximum atomic E-state index is 14.9. The molecule has 3 heterocycles. The summed E-state index contributed by atoms with van der Waals surface area (Å²) in [5, 5.41) is 13.4. The van der Waals surface area contributed by atoms with Gasteiger partial charge in [0.15, 0.2) is 11.6 Å². The van der Waals surface area contributed by atoms with E-state index in [9.17, 15) is 22.9 Å². The van der Waals surface area contributed by atoms with Gasteiger partial charge in [0.25, 0.3) is 5.56 Å². The molecule has 2 aromatic carbocycles. The van der Waals surface area contributed by atoms with Crippen LogP contribution in [-0.2, 0) is 21.5 Å². The molecule has 2 aliphatic heterocycles. The average Bonchev–Trinajstić information content (AvgIpc) is 3.27. The van der Waals surface area contributed by atoms with E-state index < -0.39 is 21.8 Å². The van der Waals surface area contributed by atoms with Gasteiger partial charge in [-0.15, -0.1) is 0 Å². The van der Waals surface area contributed by atoms with Gasteiger partial charge in [0.05, 0.1) is 35.1 Å². The number of fused-ring (bicyclic) bond motifs is 1. The van der Waals surface area contributed by atoms with Crippen LogP contribution < -0.4 is 20.3 Å². The number of piperidine rings is 1. The number of nitrogens with zero attached hydrogens (tertiary/aromatic N) is 4. The van der Waals surface area contributed by atoms with E-state index in [2.05, 4.69) is 21.9 Å². The van der Waals surface area contributed by atoms with Gasteiger partial charge in [-0.1, -0.05) is 13.8 Å². The summed E-state index contributed by atoms with van der Waals surface area (Å²) in [4.78, 5) is 18.0. The average molecular weight is 585 g/mol. The number of aromatic nitrogens is 2. The number of nitrogens with one attached hydrogen (secondary N) is 2. The summed E-state index contributed by atoms with van der Waals surface area (Å²) in [5.74, 6) is -1.23. The van der Waals surface area contributed by atoms with E-state index in [4.69, 9.17) is 9.47 Å². The van der Waals surface area contributed by atoms with Crippen molar-refractivity contribution in [3.63, 3.8) is 0 Å². The molecule has 1 atom stereocenters. The van der Waals surface area contributed by atoms with Gasteiger partial charge in [-0.05, 0) is 62.7 Å². The monoisotopic (exact) mass is 584 g/mol. The second kappa shape index (κ2) is 11.0. The zero-order valence-corrected chi connectivity index (χ0v) is 24.1. The quantitative estimate of drug-likeness (QED) is 0.411. The van der Waals surface area contributed by atoms with E-state index in [1.165, 1.54) is 25.5 Å². The lowest BCUT2D eigenvalue weighted by molar-refractivity contribution is -0.0210. The summed E-state index contributed by atoms with van der Waals surface area (Å²) in [6.07, 6.45) is 4.25. The van der Waals surface area contributed by atoms with Crippen molar-refractivity contribution in [2.24, 2.45) is 5.41 Å². The highest BCUT2D eigenvalue weighted by molar-refractivity contribution is 7.90. The molecule has 0 unspecified atom stereocenters. The van der Waals surface area contributed by atoms with Crippen LogP contribution in [0, 0.1) is 22.6 Å². The molecule has 2 saturated heterocycles. The van der Waals surface area contributed by atoms with Crippen molar-refractivity contribution in [1.82, 2.24) is 19.2 Å². The summed E-state index contributed by atoms with van der Waals surface area (Å²) < 4.78 is 56.9. The van der Waals surface area contributed by atoms with Crippen molar-refractivity contribution in [3.05, 3.63) is 58.4 Å². The number of hydrogen-bond acceptors (Lipinski definition) is 8. The Morgan fingerprint density at radius 3 is 2.76 bits per heavy atom. The Kier molecular flexibility index (Phi) is 7.78. The van der Waals surface area contributed by atoms with E-state index in [0.717, 1.165) is 48.8 Å². The molecule has 13 heteroatoms. The van der Waals surface area contributed by atoms with Crippen LogP contribution in [0.2, 0.25) is 0 Å². The highest BCUT2D eigenvalue weighted by Crippen LogP contribution is 2.44. The largest absolute Gasteiger partial charge is 0.453 e. The van der Waals surface area contributed by atoms with Crippen LogP contribution in [-0.4, -0.2) is 61.2 Å². The van der Waals surface area contributed by atoms with Gasteiger partial charge in [-0.25, -0.2) is 9.37 Å². The zero-order valence-electron chi connectivity index (χ0n) is 23.2. The van der Waals surface area contributed by atoms with Gasteiger partial charge in [-0.2, -0.15) is 18.0 Å². The summed E-state index contributed by atoms with van der Waals surface area (Å²) in [6.45, 7) is 6.76. The molecular weight excluding hydrogens is 551 g/mol. The fraction of sp³-hybridized carbons (Fsp3) is 0.464. The SMILES string of the molecule is CCN(C)S(=O)(=O)Nc1ccc(F)c(Oc2ccc3ncn(C[C@]4(C)COC5(CCNCC5)C4)c(=O)c3c2)c1C#N. The van der Waals surface area contributed by atoms with Gasteiger partial charge in [0, 0.05) is 25.6 Å². The Bertz CT molecular complexity index is 1680. The maximum absolute atomic E-state index is 14.9. The lowest BCUT2D eigenvalue weighted by Gasteiger charge is -2.34. The van der Waals surface area contributed by atoms with E-state index >= 15 is 0 Å². The molecular formula is C28H33FN6O5S. The summed E-state index contributed by atoms with van der Waals surface area (Å²) in [6, 6.07) is 8.53. The minimum absolute atomic E-state index is 0.0966. The van der Waals surface area contributed by atoms with Gasteiger partial charge in [-0.3, -0.25) is 14.1 Å². The Labute approximate surface area is 238 Å². The highest BCUT2D eigenvalue weighted by Gasteiger charge is 2.47. The smallest absolute Gasteiger partial charge is 0.301 e. The number of nitriles is 1. The first kappa shape index (κ1) is 28.9. The Balaban J connectivity index is 1.43. The maximum Gasteiger partial charge on any atom is 0.301 e. The first-order chi connectivity index (χ1) is 19.5. The molecule has 3 aromatic rings. The molecule has 0 bridgehead atoms. The third kappa shape index (κ3) is 5.78. The molecule has 1 spiro atoms. The van der Waals surface area contributed by atoms with Crippen molar-refractivity contribution in [3.8, 4) is 17.6 Å². The highest BCUT2D eigenvalue weighted by atomic mass is 32.2. The number of ether oxygens (including phenoxy) is 2. The van der Waals surface area contributed by atoms with Crippen LogP contribution in [0.3, 0.4) is 0 Å². The van der Waals surface area contributed by atoms with E-state index in [-0.39, 0.29) is 45.5 Å². The summed E-state index contributed by atoms with van der Waals surface area (Å²) >= 11 is 0. The molecule has 41 heavy (non-hydrogen) atoms. The fourth-order valence-corrected chi connectivity index (χ4v) is 6.54. The molecule has 0 radical (unpaired) electrons. The molecule has 2 N–H and O–H groups in total. The molecule has 1 aromatic heterocycles. The molecule has 0 aliphatic carbocycles. The van der Waals surface area contributed by atoms with Crippen LogP contribution >= 0.6 is 0 Å². The van der Waals surface area contributed by atoms with Crippen LogP contribution in [0.1, 0.15) is 38.7 Å². The van der Waals surface area contributed by atoms with E-state index in [1.807, 2.05) is 6.07 Å². The van der Waals surface area contributed by atoms with Crippen molar-refractivity contribution >= 4 is 26.8 Å². The van der Waals surface area contributed by atoms with E-state index in [0.29, 0.717) is 18.7 Å². The van der Waals surface area contributed by atoms with Crippen molar-refractivity contribution in [2.75, 3.05) is 38.0 Å². The molecule has 2 fully saturated rings. The predicted octanol–water partition coefficient (Wildman–Crippen LogP) is 3.36. The van der Waals surface area contributed by atoms with Crippen molar-refractivity contribution in [2.45, 2.75) is 45.3 Å². The van der Waals surface area contributed by atoms with Crippen LogP contribution in [0.15, 0.2) is 41.5 Å². The molecule has 0 amide bonds.